The van der Waals surface area contributed by atoms with Crippen molar-refractivity contribution in [2.24, 2.45) is 0 Å². The van der Waals surface area contributed by atoms with Gasteiger partial charge in [0.1, 0.15) is 5.82 Å². The van der Waals surface area contributed by atoms with Crippen LogP contribution >= 0.6 is 0 Å². The second-order valence-electron chi connectivity index (χ2n) is 7.23. The topological polar surface area (TPSA) is 60.1 Å². The molecule has 0 saturated carbocycles. The van der Waals surface area contributed by atoms with E-state index in [-0.39, 0.29) is 5.82 Å². The number of nitrogens with zero attached hydrogens (tertiary/aromatic N) is 3. The van der Waals surface area contributed by atoms with Gasteiger partial charge in [-0.3, -0.25) is 4.68 Å². The Kier molecular flexibility index (Phi) is 4.44. The summed E-state index contributed by atoms with van der Waals surface area (Å²) in [6.07, 6.45) is 3.71. The van der Waals surface area contributed by atoms with Crippen LogP contribution < -0.4 is 5.46 Å². The van der Waals surface area contributed by atoms with Crippen molar-refractivity contribution >= 4 is 12.6 Å². The Morgan fingerprint density at radius 2 is 1.92 bits per heavy atom. The molecule has 1 fully saturated rings. The minimum Gasteiger partial charge on any atom is -0.399 e. The Bertz CT molecular complexity index is 810. The van der Waals surface area contributed by atoms with Crippen molar-refractivity contribution in [3.63, 3.8) is 0 Å². The van der Waals surface area contributed by atoms with Crippen molar-refractivity contribution < 1.29 is 13.7 Å². The lowest BCUT2D eigenvalue weighted by atomic mass is 9.78. The number of aryl methyl sites for hydroxylation is 1. The molecule has 1 aliphatic rings. The molecule has 0 unspecified atom stereocenters. The molecular formula is C18H21BFN3O2. The molecule has 0 amide bonds. The molecule has 0 N–H and O–H groups in total. The van der Waals surface area contributed by atoms with Gasteiger partial charge >= 0.3 is 7.12 Å². The first kappa shape index (κ1) is 17.7. The van der Waals surface area contributed by atoms with Crippen LogP contribution in [0.5, 0.6) is 0 Å². The number of benzene rings is 1. The molecule has 0 atom stereocenters. The first-order chi connectivity index (χ1) is 11.7. The molecule has 1 aliphatic heterocycles. The summed E-state index contributed by atoms with van der Waals surface area (Å²) < 4.78 is 28.2. The highest BCUT2D eigenvalue weighted by atomic mass is 19.1. The van der Waals surface area contributed by atoms with Crippen LogP contribution in [0.3, 0.4) is 0 Å². The highest BCUT2D eigenvalue weighted by Gasteiger charge is 2.51. The molecule has 2 aromatic rings. The highest BCUT2D eigenvalue weighted by Crippen LogP contribution is 2.36. The number of hydrogen-bond donors (Lipinski definition) is 0. The Balaban J connectivity index is 1.82. The molecule has 2 heterocycles. The normalized spacial score (nSPS) is 18.3. The van der Waals surface area contributed by atoms with Crippen LogP contribution in [0.1, 0.15) is 34.1 Å². The number of nitriles is 1. The molecule has 0 aliphatic carbocycles. The lowest BCUT2D eigenvalue weighted by Gasteiger charge is -2.32. The first-order valence-electron chi connectivity index (χ1n) is 8.28. The van der Waals surface area contributed by atoms with Crippen LogP contribution in [-0.2, 0) is 15.9 Å². The van der Waals surface area contributed by atoms with E-state index in [2.05, 4.69) is 11.2 Å². The summed E-state index contributed by atoms with van der Waals surface area (Å²) in [6, 6.07) is 7.04. The smallest absolute Gasteiger partial charge is 0.399 e. The lowest BCUT2D eigenvalue weighted by molar-refractivity contribution is 0.00578. The molecular weight excluding hydrogens is 320 g/mol. The largest absolute Gasteiger partial charge is 0.494 e. The Morgan fingerprint density at radius 3 is 2.52 bits per heavy atom. The number of hydrogen-bond acceptors (Lipinski definition) is 4. The summed E-state index contributed by atoms with van der Waals surface area (Å²) in [5.41, 5.74) is 0.861. The van der Waals surface area contributed by atoms with Crippen molar-refractivity contribution in [1.29, 1.82) is 5.26 Å². The second kappa shape index (κ2) is 6.28. The van der Waals surface area contributed by atoms with Crippen LogP contribution in [0.15, 0.2) is 30.6 Å². The van der Waals surface area contributed by atoms with E-state index in [9.17, 15) is 4.39 Å². The zero-order chi connectivity index (χ0) is 18.2. The van der Waals surface area contributed by atoms with Crippen LogP contribution in [0, 0.1) is 17.1 Å². The van der Waals surface area contributed by atoms with E-state index in [1.807, 2.05) is 33.8 Å². The van der Waals surface area contributed by atoms with E-state index < -0.39 is 18.3 Å². The molecule has 7 heteroatoms. The van der Waals surface area contributed by atoms with E-state index in [0.29, 0.717) is 29.6 Å². The van der Waals surface area contributed by atoms with E-state index in [0.717, 1.165) is 0 Å². The van der Waals surface area contributed by atoms with E-state index in [1.54, 1.807) is 23.1 Å². The van der Waals surface area contributed by atoms with E-state index >= 15 is 0 Å². The minimum atomic E-state index is -0.591. The van der Waals surface area contributed by atoms with Gasteiger partial charge in [-0.25, -0.2) is 4.39 Å². The fourth-order valence-corrected chi connectivity index (χ4v) is 2.68. The predicted octanol–water partition coefficient (Wildman–Crippen LogP) is 2.90. The molecule has 0 spiro atoms. The molecule has 5 nitrogen and oxygen atoms in total. The summed E-state index contributed by atoms with van der Waals surface area (Å²) in [6.45, 7) is 8.35. The second-order valence-corrected chi connectivity index (χ2v) is 7.23. The van der Waals surface area contributed by atoms with E-state index in [4.69, 9.17) is 14.6 Å². The standard InChI is InChI=1S/C18H21BFN3O2/c1-17(2)18(3,4)25-19(24-17)14-6-7-15(16(20)10-14)13-11-22-23(12-13)9-5-8-21/h6-7,10-12H,5,9H2,1-4H3. The van der Waals surface area contributed by atoms with Gasteiger partial charge in [-0.2, -0.15) is 10.4 Å². The molecule has 1 aromatic carbocycles. The van der Waals surface area contributed by atoms with Gasteiger partial charge in [0.15, 0.2) is 0 Å². The summed E-state index contributed by atoms with van der Waals surface area (Å²) in [4.78, 5) is 0. The number of rotatable bonds is 4. The third-order valence-electron chi connectivity index (χ3n) is 4.92. The lowest BCUT2D eigenvalue weighted by Crippen LogP contribution is -2.41. The fourth-order valence-electron chi connectivity index (χ4n) is 2.68. The van der Waals surface area contributed by atoms with Crippen LogP contribution in [0.4, 0.5) is 4.39 Å². The first-order valence-corrected chi connectivity index (χ1v) is 8.28. The van der Waals surface area contributed by atoms with Gasteiger partial charge in [-0.1, -0.05) is 12.1 Å². The Morgan fingerprint density at radius 1 is 1.24 bits per heavy atom. The molecule has 1 aromatic heterocycles. The van der Waals surface area contributed by atoms with Crippen molar-refractivity contribution in [1.82, 2.24) is 9.78 Å². The molecule has 0 bridgehead atoms. The highest BCUT2D eigenvalue weighted by molar-refractivity contribution is 6.62. The van der Waals surface area contributed by atoms with Crippen LogP contribution in [0.25, 0.3) is 11.1 Å². The average Bonchev–Trinajstić information content (AvgIpc) is 3.07. The zero-order valence-electron chi connectivity index (χ0n) is 14.9. The zero-order valence-corrected chi connectivity index (χ0v) is 14.9. The van der Waals surface area contributed by atoms with Gasteiger partial charge in [0, 0.05) is 17.3 Å². The molecule has 3 rings (SSSR count). The van der Waals surface area contributed by atoms with Crippen molar-refractivity contribution in [2.45, 2.75) is 51.9 Å². The van der Waals surface area contributed by atoms with Crippen molar-refractivity contribution in [3.05, 3.63) is 36.4 Å². The minimum absolute atomic E-state index is 0.355. The Hall–Kier alpha value is -2.17. The molecule has 130 valence electrons. The van der Waals surface area contributed by atoms with Crippen LogP contribution in [-0.4, -0.2) is 28.1 Å². The summed E-state index contributed by atoms with van der Waals surface area (Å²) >= 11 is 0. The Labute approximate surface area is 147 Å². The predicted molar refractivity (Wildman–Crippen MR) is 93.6 cm³/mol. The van der Waals surface area contributed by atoms with Gasteiger partial charge in [0.2, 0.25) is 0 Å². The van der Waals surface area contributed by atoms with Gasteiger partial charge in [-0.15, -0.1) is 0 Å². The number of halogens is 1. The third kappa shape index (κ3) is 3.32. The average molecular weight is 341 g/mol. The maximum Gasteiger partial charge on any atom is 0.494 e. The van der Waals surface area contributed by atoms with Crippen LogP contribution in [0.2, 0.25) is 0 Å². The SMILES string of the molecule is CC1(C)OB(c2ccc(-c3cnn(CCC#N)c3)c(F)c2)OC1(C)C. The van der Waals surface area contributed by atoms with Gasteiger partial charge in [0.05, 0.1) is 36.4 Å². The van der Waals surface area contributed by atoms with Crippen molar-refractivity contribution in [2.75, 3.05) is 0 Å². The summed E-state index contributed by atoms with van der Waals surface area (Å²) in [7, 11) is -0.591. The van der Waals surface area contributed by atoms with Gasteiger partial charge in [-0.05, 0) is 39.2 Å². The quantitative estimate of drug-likeness (QED) is 0.803. The van der Waals surface area contributed by atoms with E-state index in [1.165, 1.54) is 6.07 Å². The van der Waals surface area contributed by atoms with Gasteiger partial charge < -0.3 is 9.31 Å². The maximum absolute atomic E-state index is 14.6. The van der Waals surface area contributed by atoms with Crippen molar-refractivity contribution in [3.8, 4) is 17.2 Å². The maximum atomic E-state index is 14.6. The summed E-state index contributed by atoms with van der Waals surface area (Å²) in [5, 5.41) is 12.8. The molecule has 1 saturated heterocycles. The number of aromatic nitrogens is 2. The monoisotopic (exact) mass is 341 g/mol. The fraction of sp³-hybridized carbons (Fsp3) is 0.444. The molecule has 25 heavy (non-hydrogen) atoms. The molecule has 0 radical (unpaired) electrons. The van der Waals surface area contributed by atoms with Gasteiger partial charge in [0.25, 0.3) is 0 Å². The third-order valence-corrected chi connectivity index (χ3v) is 4.92. The summed E-state index contributed by atoms with van der Waals surface area (Å²) in [5.74, 6) is -0.355.